The highest BCUT2D eigenvalue weighted by Gasteiger charge is 2.52. The first kappa shape index (κ1) is 34.2. The van der Waals surface area contributed by atoms with Gasteiger partial charge < -0.3 is 19.1 Å². The molecule has 0 N–H and O–H groups in total. The highest BCUT2D eigenvalue weighted by atomic mass is 19.4. The number of carbonyl (C=O) groups excluding carboxylic acids is 3. The molecule has 0 bridgehead atoms. The standard InChI is InChI=1S/C33H42F3N3O6/c1-30(2,3)44-28(41)39(29(42)45-31(4,5)6)27(40)32(26-13-8-7-10-23(26)14-21-43-32)15-16-37-17-19-38(20-18-37)25-12-9-11-24(22-25)33(34,35)36/h7-13,22H,14-21H2,1-6H3. The van der Waals surface area contributed by atoms with Gasteiger partial charge in [-0.3, -0.25) is 9.69 Å². The molecule has 1 fully saturated rings. The Morgan fingerprint density at radius 1 is 0.867 bits per heavy atom. The summed E-state index contributed by atoms with van der Waals surface area (Å²) in [4.78, 5) is 45.8. The molecule has 0 radical (unpaired) electrons. The molecular weight excluding hydrogens is 591 g/mol. The third kappa shape index (κ3) is 8.35. The lowest BCUT2D eigenvalue weighted by molar-refractivity contribution is -0.162. The summed E-state index contributed by atoms with van der Waals surface area (Å²) in [6.07, 6.45) is -6.11. The van der Waals surface area contributed by atoms with Crippen molar-refractivity contribution in [2.45, 2.75) is 77.4 Å². The number of hydrogen-bond acceptors (Lipinski definition) is 8. The molecule has 0 aromatic heterocycles. The van der Waals surface area contributed by atoms with E-state index in [0.717, 1.165) is 17.7 Å². The zero-order valence-corrected chi connectivity index (χ0v) is 26.7. The number of fused-ring (bicyclic) bond motifs is 1. The van der Waals surface area contributed by atoms with E-state index in [1.807, 2.05) is 17.0 Å². The van der Waals surface area contributed by atoms with E-state index in [-0.39, 0.29) is 13.0 Å². The molecule has 3 amide bonds. The monoisotopic (exact) mass is 633 g/mol. The molecule has 9 nitrogen and oxygen atoms in total. The summed E-state index contributed by atoms with van der Waals surface area (Å²) in [6.45, 7) is 12.3. The minimum atomic E-state index is -4.43. The van der Waals surface area contributed by atoms with E-state index in [4.69, 9.17) is 14.2 Å². The Labute approximate surface area is 262 Å². The van der Waals surface area contributed by atoms with Gasteiger partial charge in [-0.1, -0.05) is 30.3 Å². The second kappa shape index (κ2) is 13.0. The van der Waals surface area contributed by atoms with Crippen molar-refractivity contribution >= 4 is 23.8 Å². The van der Waals surface area contributed by atoms with Crippen molar-refractivity contribution in [1.29, 1.82) is 0 Å². The van der Waals surface area contributed by atoms with Gasteiger partial charge in [-0.15, -0.1) is 4.90 Å². The van der Waals surface area contributed by atoms with Crippen molar-refractivity contribution in [3.63, 3.8) is 0 Å². The van der Waals surface area contributed by atoms with Gasteiger partial charge in [-0.2, -0.15) is 13.2 Å². The molecule has 1 saturated heterocycles. The van der Waals surface area contributed by atoms with Crippen molar-refractivity contribution in [1.82, 2.24) is 9.80 Å². The van der Waals surface area contributed by atoms with Crippen LogP contribution in [-0.2, 0) is 37.2 Å². The van der Waals surface area contributed by atoms with E-state index < -0.39 is 46.6 Å². The van der Waals surface area contributed by atoms with E-state index in [2.05, 4.69) is 4.90 Å². The van der Waals surface area contributed by atoms with Gasteiger partial charge in [0.15, 0.2) is 5.60 Å². The number of piperazine rings is 1. The molecule has 45 heavy (non-hydrogen) atoms. The Bertz CT molecular complexity index is 1370. The smallest absolute Gasteiger partial charge is 0.426 e. The van der Waals surface area contributed by atoms with E-state index in [0.29, 0.717) is 55.3 Å². The maximum atomic E-state index is 14.5. The summed E-state index contributed by atoms with van der Waals surface area (Å²) in [5.74, 6) is -0.902. The van der Waals surface area contributed by atoms with Gasteiger partial charge in [-0.25, -0.2) is 9.59 Å². The molecule has 2 aliphatic heterocycles. The molecule has 0 saturated carbocycles. The molecule has 0 aliphatic carbocycles. The topological polar surface area (TPSA) is 88.6 Å². The molecule has 246 valence electrons. The van der Waals surface area contributed by atoms with Gasteiger partial charge in [0.1, 0.15) is 11.2 Å². The van der Waals surface area contributed by atoms with Crippen LogP contribution in [0.4, 0.5) is 28.4 Å². The summed E-state index contributed by atoms with van der Waals surface area (Å²) >= 11 is 0. The van der Waals surface area contributed by atoms with Crippen LogP contribution in [0.5, 0.6) is 0 Å². The van der Waals surface area contributed by atoms with Crippen LogP contribution in [0.1, 0.15) is 64.7 Å². The molecule has 4 rings (SSSR count). The first-order chi connectivity index (χ1) is 20.9. The minimum Gasteiger partial charge on any atom is -0.443 e. The number of benzene rings is 2. The van der Waals surface area contributed by atoms with Crippen LogP contribution in [0.3, 0.4) is 0 Å². The lowest BCUT2D eigenvalue weighted by Gasteiger charge is -2.42. The predicted molar refractivity (Wildman–Crippen MR) is 162 cm³/mol. The molecule has 1 atom stereocenters. The third-order valence-corrected chi connectivity index (χ3v) is 7.56. The van der Waals surface area contributed by atoms with Crippen molar-refractivity contribution in [3.05, 3.63) is 65.2 Å². The fourth-order valence-corrected chi connectivity index (χ4v) is 5.50. The van der Waals surface area contributed by atoms with E-state index in [1.54, 1.807) is 59.7 Å². The lowest BCUT2D eigenvalue weighted by atomic mass is 9.82. The number of anilines is 1. The second-order valence-electron chi connectivity index (χ2n) is 13.3. The maximum Gasteiger partial charge on any atom is 0.426 e. The van der Waals surface area contributed by atoms with Crippen LogP contribution in [0.2, 0.25) is 0 Å². The van der Waals surface area contributed by atoms with Crippen LogP contribution in [0.25, 0.3) is 0 Å². The van der Waals surface area contributed by atoms with E-state index in [1.165, 1.54) is 6.07 Å². The van der Waals surface area contributed by atoms with Gasteiger partial charge in [0.25, 0.3) is 5.91 Å². The maximum absolute atomic E-state index is 14.5. The Kier molecular flexibility index (Phi) is 9.89. The number of alkyl halides is 3. The number of carbonyl (C=O) groups is 3. The van der Waals surface area contributed by atoms with Crippen LogP contribution in [0.15, 0.2) is 48.5 Å². The zero-order valence-electron chi connectivity index (χ0n) is 26.7. The molecule has 2 aromatic rings. The lowest BCUT2D eigenvalue weighted by Crippen LogP contribution is -2.57. The summed E-state index contributed by atoms with van der Waals surface area (Å²) in [7, 11) is 0. The number of rotatable bonds is 5. The van der Waals surface area contributed by atoms with Gasteiger partial charge >= 0.3 is 18.4 Å². The van der Waals surface area contributed by atoms with Crippen molar-refractivity contribution < 1.29 is 41.8 Å². The highest BCUT2D eigenvalue weighted by Crippen LogP contribution is 2.39. The summed E-state index contributed by atoms with van der Waals surface area (Å²) in [5, 5.41) is 0. The zero-order chi connectivity index (χ0) is 33.2. The second-order valence-corrected chi connectivity index (χ2v) is 13.3. The molecule has 2 aromatic carbocycles. The summed E-state index contributed by atoms with van der Waals surface area (Å²) in [5.41, 5.74) is -2.49. The third-order valence-electron chi connectivity index (χ3n) is 7.56. The van der Waals surface area contributed by atoms with Crippen molar-refractivity contribution in [3.8, 4) is 0 Å². The fourth-order valence-electron chi connectivity index (χ4n) is 5.50. The molecule has 1 unspecified atom stereocenters. The molecule has 2 aliphatic rings. The quantitative estimate of drug-likeness (QED) is 0.375. The number of imide groups is 3. The first-order valence-electron chi connectivity index (χ1n) is 15.1. The number of hydrogen-bond donors (Lipinski definition) is 0. The highest BCUT2D eigenvalue weighted by molar-refractivity contribution is 6.10. The summed E-state index contributed by atoms with van der Waals surface area (Å²) < 4.78 is 57.1. The van der Waals surface area contributed by atoms with Crippen LogP contribution >= 0.6 is 0 Å². The number of nitrogens with zero attached hydrogens (tertiary/aromatic N) is 3. The van der Waals surface area contributed by atoms with Crippen molar-refractivity contribution in [2.24, 2.45) is 0 Å². The van der Waals surface area contributed by atoms with Crippen LogP contribution in [0, 0.1) is 0 Å². The average molecular weight is 634 g/mol. The Hall–Kier alpha value is -3.64. The minimum absolute atomic E-state index is 0.106. The molecular formula is C33H42F3N3O6. The van der Waals surface area contributed by atoms with Gasteiger partial charge in [0.05, 0.1) is 12.2 Å². The van der Waals surface area contributed by atoms with Crippen LogP contribution < -0.4 is 4.90 Å². The summed E-state index contributed by atoms with van der Waals surface area (Å²) in [6, 6.07) is 12.5. The van der Waals surface area contributed by atoms with E-state index >= 15 is 0 Å². The van der Waals surface area contributed by atoms with Gasteiger partial charge in [0, 0.05) is 44.8 Å². The van der Waals surface area contributed by atoms with E-state index in [9.17, 15) is 27.6 Å². The van der Waals surface area contributed by atoms with Gasteiger partial charge in [0.2, 0.25) is 0 Å². The van der Waals surface area contributed by atoms with Crippen LogP contribution in [-0.4, -0.2) is 78.4 Å². The number of halogens is 3. The molecule has 12 heteroatoms. The van der Waals surface area contributed by atoms with Gasteiger partial charge in [-0.05, 0) is 77.3 Å². The average Bonchev–Trinajstić information content (AvgIpc) is 2.94. The Balaban J connectivity index is 1.60. The largest absolute Gasteiger partial charge is 0.443 e. The van der Waals surface area contributed by atoms with Crippen molar-refractivity contribution in [2.75, 3.05) is 44.2 Å². The SMILES string of the molecule is CC(C)(C)OC(=O)N(C(=O)OC(C)(C)C)C(=O)C1(CCN2CCN(c3cccc(C(F)(F)F)c3)CC2)OCCc2ccccc21. The predicted octanol–water partition coefficient (Wildman–Crippen LogP) is 6.38. The number of amides is 3. The Morgan fingerprint density at radius 2 is 1.47 bits per heavy atom. The first-order valence-corrected chi connectivity index (χ1v) is 15.1. The molecule has 2 heterocycles. The number of ether oxygens (including phenoxy) is 3. The normalized spacial score (nSPS) is 19.4. The fraction of sp³-hybridized carbons (Fsp3) is 0.545. The molecule has 0 spiro atoms. The Morgan fingerprint density at radius 3 is 2.04 bits per heavy atom.